The van der Waals surface area contributed by atoms with Crippen LogP contribution in [0, 0.1) is 0 Å². The molecule has 0 spiro atoms. The molecule has 1 fully saturated rings. The third-order valence-electron chi connectivity index (χ3n) is 3.27. The zero-order valence-corrected chi connectivity index (χ0v) is 11.7. The number of halogens is 1. The van der Waals surface area contributed by atoms with Crippen LogP contribution >= 0.6 is 11.6 Å². The van der Waals surface area contributed by atoms with E-state index in [0.717, 1.165) is 31.7 Å². The topological polar surface area (TPSA) is 56.7 Å². The minimum atomic E-state index is -0.159. The van der Waals surface area contributed by atoms with Crippen LogP contribution in [0.5, 0.6) is 0 Å². The van der Waals surface area contributed by atoms with Gasteiger partial charge in [-0.1, -0.05) is 23.7 Å². The minimum absolute atomic E-state index is 0.159. The van der Waals surface area contributed by atoms with E-state index in [2.05, 4.69) is 20.5 Å². The Morgan fingerprint density at radius 2 is 1.90 bits per heavy atom. The van der Waals surface area contributed by atoms with Crippen molar-refractivity contribution in [2.24, 2.45) is 4.99 Å². The highest BCUT2D eigenvalue weighted by molar-refractivity contribution is 6.30. The largest absolute Gasteiger partial charge is 0.340 e. The average molecular weight is 291 g/mol. The summed E-state index contributed by atoms with van der Waals surface area (Å²) in [6.45, 7) is 3.52. The molecule has 6 heteroatoms. The number of amides is 1. The third-order valence-corrected chi connectivity index (χ3v) is 3.53. The van der Waals surface area contributed by atoms with E-state index in [0.29, 0.717) is 16.7 Å². The van der Waals surface area contributed by atoms with Crippen LogP contribution in [-0.4, -0.2) is 42.9 Å². The second-order valence-corrected chi connectivity index (χ2v) is 5.14. The number of benzene rings is 1. The van der Waals surface area contributed by atoms with Gasteiger partial charge in [0.25, 0.3) is 5.91 Å². The van der Waals surface area contributed by atoms with E-state index in [4.69, 9.17) is 11.6 Å². The van der Waals surface area contributed by atoms with Crippen LogP contribution in [0.3, 0.4) is 0 Å². The van der Waals surface area contributed by atoms with Crippen molar-refractivity contribution in [1.82, 2.24) is 15.5 Å². The molecule has 1 aromatic rings. The van der Waals surface area contributed by atoms with Crippen molar-refractivity contribution in [2.45, 2.75) is 0 Å². The van der Waals surface area contributed by atoms with Gasteiger partial charge in [-0.05, 0) is 23.8 Å². The highest BCUT2D eigenvalue weighted by Crippen LogP contribution is 2.16. The van der Waals surface area contributed by atoms with Crippen LogP contribution in [0.2, 0.25) is 5.02 Å². The van der Waals surface area contributed by atoms with Crippen molar-refractivity contribution in [3.05, 3.63) is 40.5 Å². The SMILES string of the molecule is O=C1NC(N2CCNCC2)=N/C1=C\c1ccc(Cl)cc1. The van der Waals surface area contributed by atoms with E-state index >= 15 is 0 Å². The number of aliphatic imine (C=N–C) groups is 1. The Kier molecular flexibility index (Phi) is 3.71. The number of piperazine rings is 1. The van der Waals surface area contributed by atoms with Crippen molar-refractivity contribution in [2.75, 3.05) is 26.2 Å². The zero-order chi connectivity index (χ0) is 13.9. The second kappa shape index (κ2) is 5.64. The Hall–Kier alpha value is -1.85. The van der Waals surface area contributed by atoms with Crippen molar-refractivity contribution in [3.8, 4) is 0 Å². The van der Waals surface area contributed by atoms with Crippen LogP contribution < -0.4 is 10.6 Å². The summed E-state index contributed by atoms with van der Waals surface area (Å²) in [5.74, 6) is 0.491. The summed E-state index contributed by atoms with van der Waals surface area (Å²) >= 11 is 5.84. The Labute approximate surface area is 122 Å². The Morgan fingerprint density at radius 1 is 1.20 bits per heavy atom. The molecule has 2 aliphatic heterocycles. The van der Waals surface area contributed by atoms with Crippen LogP contribution in [0.25, 0.3) is 6.08 Å². The third kappa shape index (κ3) is 2.84. The first-order valence-electron chi connectivity index (χ1n) is 6.55. The maximum absolute atomic E-state index is 11.9. The van der Waals surface area contributed by atoms with Crippen molar-refractivity contribution < 1.29 is 4.79 Å². The lowest BCUT2D eigenvalue weighted by Gasteiger charge is -2.28. The van der Waals surface area contributed by atoms with Gasteiger partial charge in [-0.25, -0.2) is 4.99 Å². The summed E-state index contributed by atoms with van der Waals surface area (Å²) in [7, 11) is 0. The molecule has 2 N–H and O–H groups in total. The van der Waals surface area contributed by atoms with Crippen molar-refractivity contribution in [1.29, 1.82) is 0 Å². The summed E-state index contributed by atoms with van der Waals surface area (Å²) in [5.41, 5.74) is 1.34. The van der Waals surface area contributed by atoms with E-state index in [1.54, 1.807) is 18.2 Å². The number of hydrogen-bond donors (Lipinski definition) is 2. The lowest BCUT2D eigenvalue weighted by Crippen LogP contribution is -2.50. The Bertz CT molecular complexity index is 573. The number of nitrogens with one attached hydrogen (secondary N) is 2. The molecular formula is C14H15ClN4O. The molecule has 2 aliphatic rings. The predicted molar refractivity (Wildman–Crippen MR) is 79.4 cm³/mol. The molecule has 104 valence electrons. The van der Waals surface area contributed by atoms with Crippen LogP contribution in [0.1, 0.15) is 5.56 Å². The quantitative estimate of drug-likeness (QED) is 0.761. The first-order chi connectivity index (χ1) is 9.72. The molecule has 3 rings (SSSR count). The first kappa shape index (κ1) is 13.1. The molecule has 2 heterocycles. The summed E-state index contributed by atoms with van der Waals surface area (Å²) in [6.07, 6.45) is 1.76. The molecule has 0 aliphatic carbocycles. The summed E-state index contributed by atoms with van der Waals surface area (Å²) in [4.78, 5) is 18.4. The molecule has 5 nitrogen and oxygen atoms in total. The molecule has 0 unspecified atom stereocenters. The number of carbonyl (C=O) groups is 1. The molecule has 1 aromatic carbocycles. The number of rotatable bonds is 1. The minimum Gasteiger partial charge on any atom is -0.340 e. The zero-order valence-electron chi connectivity index (χ0n) is 10.9. The van der Waals surface area contributed by atoms with Crippen LogP contribution in [0.4, 0.5) is 0 Å². The fourth-order valence-corrected chi connectivity index (χ4v) is 2.33. The molecule has 20 heavy (non-hydrogen) atoms. The molecule has 1 saturated heterocycles. The maximum atomic E-state index is 11.9. The summed E-state index contributed by atoms with van der Waals surface area (Å²) in [6, 6.07) is 7.31. The van der Waals surface area contributed by atoms with Gasteiger partial charge in [0, 0.05) is 31.2 Å². The molecule has 0 radical (unpaired) electrons. The van der Waals surface area contributed by atoms with E-state index in [1.165, 1.54) is 0 Å². The van der Waals surface area contributed by atoms with E-state index in [9.17, 15) is 4.79 Å². The molecule has 0 atom stereocenters. The molecule has 0 saturated carbocycles. The number of nitrogens with zero attached hydrogens (tertiary/aromatic N) is 2. The van der Waals surface area contributed by atoms with Gasteiger partial charge < -0.3 is 10.2 Å². The Morgan fingerprint density at radius 3 is 2.60 bits per heavy atom. The van der Waals surface area contributed by atoms with Gasteiger partial charge in [-0.15, -0.1) is 0 Å². The summed E-state index contributed by atoms with van der Waals surface area (Å²) < 4.78 is 0. The standard InChI is InChI=1S/C14H15ClN4O/c15-11-3-1-10(2-4-11)9-12-13(20)18-14(17-12)19-7-5-16-6-8-19/h1-4,9,16H,5-8H2,(H,17,18,20)/b12-9-. The van der Waals surface area contributed by atoms with Crippen LogP contribution in [0.15, 0.2) is 35.0 Å². The molecule has 1 amide bonds. The summed E-state index contributed by atoms with van der Waals surface area (Å²) in [5, 5.41) is 6.76. The van der Waals surface area contributed by atoms with Gasteiger partial charge in [0.2, 0.25) is 5.96 Å². The number of hydrogen-bond acceptors (Lipinski definition) is 4. The smallest absolute Gasteiger partial charge is 0.276 e. The molecule has 0 bridgehead atoms. The van der Waals surface area contributed by atoms with E-state index < -0.39 is 0 Å². The Balaban J connectivity index is 1.80. The lowest BCUT2D eigenvalue weighted by molar-refractivity contribution is -0.115. The van der Waals surface area contributed by atoms with E-state index in [-0.39, 0.29) is 5.91 Å². The fraction of sp³-hybridized carbons (Fsp3) is 0.286. The van der Waals surface area contributed by atoms with Gasteiger partial charge in [-0.2, -0.15) is 0 Å². The van der Waals surface area contributed by atoms with Gasteiger partial charge in [0.05, 0.1) is 0 Å². The fourth-order valence-electron chi connectivity index (χ4n) is 2.20. The van der Waals surface area contributed by atoms with E-state index in [1.807, 2.05) is 12.1 Å². The highest BCUT2D eigenvalue weighted by atomic mass is 35.5. The number of guanidine groups is 1. The second-order valence-electron chi connectivity index (χ2n) is 4.71. The van der Waals surface area contributed by atoms with Gasteiger partial charge in [-0.3, -0.25) is 10.1 Å². The van der Waals surface area contributed by atoms with Crippen molar-refractivity contribution >= 4 is 29.5 Å². The predicted octanol–water partition coefficient (Wildman–Crippen LogP) is 1.07. The number of carbonyl (C=O) groups excluding carboxylic acids is 1. The monoisotopic (exact) mass is 290 g/mol. The highest BCUT2D eigenvalue weighted by Gasteiger charge is 2.25. The molecule has 0 aromatic heterocycles. The van der Waals surface area contributed by atoms with Crippen molar-refractivity contribution in [3.63, 3.8) is 0 Å². The first-order valence-corrected chi connectivity index (χ1v) is 6.93. The van der Waals surface area contributed by atoms with Gasteiger partial charge in [0.1, 0.15) is 5.70 Å². The molecular weight excluding hydrogens is 276 g/mol. The van der Waals surface area contributed by atoms with Gasteiger partial charge in [0.15, 0.2) is 0 Å². The van der Waals surface area contributed by atoms with Crippen LogP contribution in [-0.2, 0) is 4.79 Å². The normalized spacial score (nSPS) is 21.1. The average Bonchev–Trinajstić information content (AvgIpc) is 2.84. The van der Waals surface area contributed by atoms with Gasteiger partial charge >= 0.3 is 0 Å². The lowest BCUT2D eigenvalue weighted by atomic mass is 10.2. The maximum Gasteiger partial charge on any atom is 0.276 e.